The summed E-state index contributed by atoms with van der Waals surface area (Å²) in [6.45, 7) is -0.285. The molecule has 14 nitrogen and oxygen atoms in total. The topological polar surface area (TPSA) is 209 Å². The van der Waals surface area contributed by atoms with Gasteiger partial charge in [-0.15, -0.1) is 0 Å². The third-order valence-electron chi connectivity index (χ3n) is 11.4. The van der Waals surface area contributed by atoms with E-state index in [4.69, 9.17) is 30.6 Å². The lowest BCUT2D eigenvalue weighted by Crippen LogP contribution is -2.47. The van der Waals surface area contributed by atoms with Crippen LogP contribution in [0.2, 0.25) is 0 Å². The number of nitrogens with two attached hydrogens (primary N) is 2. The molecule has 0 spiro atoms. The predicted molar refractivity (Wildman–Crippen MR) is 260 cm³/mol. The Kier molecular flexibility index (Phi) is 15.2. The summed E-state index contributed by atoms with van der Waals surface area (Å²) in [7, 11) is 0. The van der Waals surface area contributed by atoms with E-state index in [1.54, 1.807) is 12.3 Å². The highest BCUT2D eigenvalue weighted by molar-refractivity contribution is 5.98. The van der Waals surface area contributed by atoms with Gasteiger partial charge in [-0.05, 0) is 58.5 Å². The van der Waals surface area contributed by atoms with Crippen molar-refractivity contribution < 1.29 is 28.3 Å². The number of nitrogens with zero attached hydrogens (tertiary/aromatic N) is 3. The fourth-order valence-electron chi connectivity index (χ4n) is 7.90. The molecule has 0 aliphatic heterocycles. The van der Waals surface area contributed by atoms with Crippen molar-refractivity contribution in [2.24, 2.45) is 11.5 Å². The van der Waals surface area contributed by atoms with Crippen LogP contribution in [-0.4, -0.2) is 63.0 Å². The minimum Gasteiger partial charge on any atom is -0.472 e. The number of benzene rings is 5. The van der Waals surface area contributed by atoms with Crippen molar-refractivity contribution in [1.82, 2.24) is 25.0 Å². The van der Waals surface area contributed by atoms with E-state index in [0.717, 1.165) is 33.4 Å². The Morgan fingerprint density at radius 2 is 1.24 bits per heavy atom. The molecule has 68 heavy (non-hydrogen) atoms. The van der Waals surface area contributed by atoms with Gasteiger partial charge >= 0.3 is 0 Å². The molecule has 0 radical (unpaired) electrons. The lowest BCUT2D eigenvalue weighted by Gasteiger charge is -2.19. The number of hydrogen-bond donors (Lipinski definition) is 5. The Balaban J connectivity index is 1.08. The Hall–Kier alpha value is -8.20. The van der Waals surface area contributed by atoms with Gasteiger partial charge in [0, 0.05) is 36.7 Å². The molecule has 344 valence electrons. The molecule has 2 unspecified atom stereocenters. The maximum absolute atomic E-state index is 13.8. The Labute approximate surface area is 393 Å². The number of hydrogen-bond acceptors (Lipinski definition) is 10. The second-order valence-corrected chi connectivity index (χ2v) is 16.4. The van der Waals surface area contributed by atoms with Crippen molar-refractivity contribution in [1.29, 1.82) is 0 Å². The van der Waals surface area contributed by atoms with E-state index in [0.29, 0.717) is 59.3 Å². The van der Waals surface area contributed by atoms with Gasteiger partial charge < -0.3 is 36.6 Å². The molecule has 7 N–H and O–H groups in total. The highest BCUT2D eigenvalue weighted by Crippen LogP contribution is 2.31. The first kappa shape index (κ1) is 46.3. The average Bonchev–Trinajstić information content (AvgIpc) is 4.02. The number of nitrogens with one attached hydrogen (secondary N) is 3. The molecule has 0 aliphatic carbocycles. The Bertz CT molecular complexity index is 2960. The third kappa shape index (κ3) is 12.2. The zero-order chi connectivity index (χ0) is 47.2. The van der Waals surface area contributed by atoms with Crippen LogP contribution in [-0.2, 0) is 57.9 Å². The summed E-state index contributed by atoms with van der Waals surface area (Å²) in [5.74, 6) is -0.146. The molecule has 8 rings (SSSR count). The number of ketones is 1. The van der Waals surface area contributed by atoms with Crippen LogP contribution >= 0.6 is 0 Å². The van der Waals surface area contributed by atoms with E-state index >= 15 is 0 Å². The smallest absolute Gasteiger partial charge is 0.247 e. The number of Topliss-reactive ketones (excluding diaryl/α,β-unsaturated/α-hetero) is 1. The summed E-state index contributed by atoms with van der Waals surface area (Å²) in [5, 5.41) is 8.55. The summed E-state index contributed by atoms with van der Waals surface area (Å²) in [6, 6.07) is 46.1. The van der Waals surface area contributed by atoms with Gasteiger partial charge in [0.2, 0.25) is 23.6 Å². The molecular weight excluding hydrogens is 857 g/mol. The summed E-state index contributed by atoms with van der Waals surface area (Å²) in [5.41, 5.74) is 19.5. The molecule has 0 saturated carbocycles. The van der Waals surface area contributed by atoms with Crippen LogP contribution in [0.3, 0.4) is 0 Å². The van der Waals surface area contributed by atoms with Crippen molar-refractivity contribution in [3.05, 3.63) is 209 Å². The normalized spacial score (nSPS) is 12.0. The van der Waals surface area contributed by atoms with Crippen molar-refractivity contribution in [2.75, 3.05) is 18.4 Å². The number of anilines is 1. The van der Waals surface area contributed by atoms with Crippen LogP contribution in [0, 0.1) is 0 Å². The monoisotopic (exact) mass is 908 g/mol. The number of amides is 3. The quantitative estimate of drug-likeness (QED) is 0.0554. The maximum Gasteiger partial charge on any atom is 0.247 e. The minimum atomic E-state index is -0.867. The number of carbonyl (C=O) groups excluding carboxylic acids is 4. The first-order valence-corrected chi connectivity index (χ1v) is 22.4. The Morgan fingerprint density at radius 3 is 1.87 bits per heavy atom. The Morgan fingerprint density at radius 1 is 0.618 bits per heavy atom. The molecule has 0 aliphatic rings. The summed E-state index contributed by atoms with van der Waals surface area (Å²) in [4.78, 5) is 62.3. The van der Waals surface area contributed by atoms with E-state index in [9.17, 15) is 19.2 Å². The maximum atomic E-state index is 13.8. The molecule has 3 amide bonds. The van der Waals surface area contributed by atoms with Gasteiger partial charge in [-0.25, -0.2) is 9.97 Å². The van der Waals surface area contributed by atoms with Gasteiger partial charge in [0.05, 0.1) is 43.2 Å². The van der Waals surface area contributed by atoms with E-state index in [1.807, 2.05) is 156 Å². The van der Waals surface area contributed by atoms with Gasteiger partial charge in [-0.1, -0.05) is 127 Å². The zero-order valence-electron chi connectivity index (χ0n) is 37.3. The van der Waals surface area contributed by atoms with Crippen molar-refractivity contribution >= 4 is 34.8 Å². The lowest BCUT2D eigenvalue weighted by molar-refractivity contribution is -0.126. The molecule has 14 heteroatoms. The lowest BCUT2D eigenvalue weighted by atomic mass is 9.97. The summed E-state index contributed by atoms with van der Waals surface area (Å²) in [6.07, 6.45) is 5.07. The third-order valence-corrected chi connectivity index (χ3v) is 11.4. The van der Waals surface area contributed by atoms with Gasteiger partial charge in [-0.2, -0.15) is 0 Å². The molecule has 3 heterocycles. The number of fused-ring (bicyclic) bond motifs is 1. The second kappa shape index (κ2) is 22.3. The summed E-state index contributed by atoms with van der Waals surface area (Å²) >= 11 is 0. The van der Waals surface area contributed by atoms with E-state index in [1.165, 1.54) is 0 Å². The molecule has 2 atom stereocenters. The standard InChI is InChI=1S/C54H52N8O6/c55-32-50(64)59-44(26-36-12-4-1-5-13-36)49(63)29-39-21-23-40(24-22-39)35-68-54-47(31-43-20-11-25-67-43)61-52-45(27-37-14-6-2-7-15-37)58-48(34-62(52)54)41-18-10-19-42(30-41)57-53(66)46(60-51(65)33-56)28-38-16-8-3-9-17-38/h1-25,30,34,44,46H,26-29,31-33,35,55-56H2,(H,57,66)(H,59,64)(H,60,65). The van der Waals surface area contributed by atoms with Gasteiger partial charge in [-0.3, -0.25) is 23.6 Å². The number of imidazole rings is 1. The number of rotatable bonds is 21. The summed E-state index contributed by atoms with van der Waals surface area (Å²) < 4.78 is 14.4. The first-order chi connectivity index (χ1) is 33.2. The van der Waals surface area contributed by atoms with Gasteiger partial charge in [0.25, 0.3) is 0 Å². The number of aromatic nitrogens is 3. The number of ether oxygens (including phenoxy) is 1. The fraction of sp³-hybridized carbons (Fsp3) is 0.185. The van der Waals surface area contributed by atoms with E-state index in [-0.39, 0.29) is 38.3 Å². The van der Waals surface area contributed by atoms with Crippen LogP contribution in [0.5, 0.6) is 5.88 Å². The number of furan rings is 1. The second-order valence-electron chi connectivity index (χ2n) is 16.4. The molecule has 8 aromatic rings. The van der Waals surface area contributed by atoms with Gasteiger partial charge in [0.1, 0.15) is 24.1 Å². The van der Waals surface area contributed by atoms with Crippen molar-refractivity contribution in [2.45, 2.75) is 50.8 Å². The van der Waals surface area contributed by atoms with E-state index in [2.05, 4.69) is 16.0 Å². The van der Waals surface area contributed by atoms with E-state index < -0.39 is 29.8 Å². The molecule has 0 fully saturated rings. The van der Waals surface area contributed by atoms with Crippen molar-refractivity contribution in [3.63, 3.8) is 0 Å². The minimum absolute atomic E-state index is 0.119. The number of carbonyl (C=O) groups is 4. The van der Waals surface area contributed by atoms with Crippen LogP contribution < -0.4 is 32.2 Å². The molecular formula is C54H52N8O6. The van der Waals surface area contributed by atoms with Crippen LogP contribution in [0.1, 0.15) is 45.0 Å². The van der Waals surface area contributed by atoms with Crippen LogP contribution in [0.25, 0.3) is 16.9 Å². The molecule has 0 bridgehead atoms. The molecule has 0 saturated heterocycles. The predicted octanol–water partition coefficient (Wildman–Crippen LogP) is 6.17. The highest BCUT2D eigenvalue weighted by atomic mass is 16.5. The van der Waals surface area contributed by atoms with Crippen LogP contribution in [0.15, 0.2) is 169 Å². The first-order valence-electron chi connectivity index (χ1n) is 22.4. The molecule has 5 aromatic carbocycles. The largest absolute Gasteiger partial charge is 0.472 e. The zero-order valence-corrected chi connectivity index (χ0v) is 37.3. The average molecular weight is 909 g/mol. The van der Waals surface area contributed by atoms with Crippen molar-refractivity contribution in [3.8, 4) is 17.1 Å². The SMILES string of the molecule is NCC(=O)NC(Cc1ccccc1)C(=O)Cc1ccc(COc2c(Cc3ccco3)nc3c(Cc4ccccc4)nc(-c4cccc(NC(=O)C(Cc5ccccc5)NC(=O)CN)c4)cn23)cc1. The highest BCUT2D eigenvalue weighted by Gasteiger charge is 2.24. The van der Waals surface area contributed by atoms with Crippen LogP contribution in [0.4, 0.5) is 5.69 Å². The molecule has 3 aromatic heterocycles. The fourth-order valence-corrected chi connectivity index (χ4v) is 7.90. The van der Waals surface area contributed by atoms with Gasteiger partial charge in [0.15, 0.2) is 11.4 Å².